The highest BCUT2D eigenvalue weighted by atomic mass is 16.3. The van der Waals surface area contributed by atoms with Crippen LogP contribution in [-0.4, -0.2) is 18.1 Å². The van der Waals surface area contributed by atoms with E-state index in [4.69, 9.17) is 4.42 Å². The maximum atomic E-state index is 9.52. The highest BCUT2D eigenvalue weighted by Crippen LogP contribution is 2.40. The number of para-hydroxylation sites is 1. The van der Waals surface area contributed by atoms with Gasteiger partial charge in [-0.3, -0.25) is 0 Å². The molecule has 1 aromatic heterocycles. The molecule has 0 radical (unpaired) electrons. The third-order valence-corrected chi connectivity index (χ3v) is 4.63. The Labute approximate surface area is 134 Å². The van der Waals surface area contributed by atoms with Crippen LogP contribution in [0.1, 0.15) is 12.5 Å². The lowest BCUT2D eigenvalue weighted by molar-refractivity contribution is 0.382. The molecule has 0 saturated heterocycles. The fourth-order valence-corrected chi connectivity index (χ4v) is 3.31. The Morgan fingerprint density at radius 2 is 1.91 bits per heavy atom. The summed E-state index contributed by atoms with van der Waals surface area (Å²) in [7, 11) is 1.98. The average Bonchev–Trinajstić information content (AvgIpc) is 3.06. The number of benzene rings is 2. The zero-order chi connectivity index (χ0) is 16.1. The zero-order valence-electron chi connectivity index (χ0n) is 13.4. The summed E-state index contributed by atoms with van der Waals surface area (Å²) < 4.78 is 6.16. The summed E-state index contributed by atoms with van der Waals surface area (Å²) in [5.41, 5.74) is 4.42. The van der Waals surface area contributed by atoms with Gasteiger partial charge >= 0.3 is 0 Å². The second kappa shape index (κ2) is 4.79. The monoisotopic (exact) mass is 303 g/mol. The molecule has 4 heteroatoms. The summed E-state index contributed by atoms with van der Waals surface area (Å²) in [5, 5.41) is 11.7. The number of hydrogen-bond acceptors (Lipinski definition) is 4. The van der Waals surface area contributed by atoms with Crippen molar-refractivity contribution in [1.82, 2.24) is 4.90 Å². The van der Waals surface area contributed by atoms with Crippen LogP contribution >= 0.6 is 0 Å². The molecule has 23 heavy (non-hydrogen) atoms. The number of hydrogen-bond donors (Lipinski definition) is 0. The molecule has 0 spiro atoms. The minimum atomic E-state index is 0.0714. The summed E-state index contributed by atoms with van der Waals surface area (Å²) >= 11 is 0. The fraction of sp³-hybridized carbons (Fsp3) is 0.211. The first-order valence-electron chi connectivity index (χ1n) is 7.65. The second-order valence-electron chi connectivity index (χ2n) is 6.00. The van der Waals surface area contributed by atoms with Gasteiger partial charge in [0.05, 0.1) is 5.69 Å². The predicted octanol–water partition coefficient (Wildman–Crippen LogP) is 4.36. The van der Waals surface area contributed by atoms with Crippen molar-refractivity contribution in [2.45, 2.75) is 20.0 Å². The number of furan rings is 1. The number of fused-ring (bicyclic) bond motifs is 3. The summed E-state index contributed by atoms with van der Waals surface area (Å²) in [5.74, 6) is 0. The van der Waals surface area contributed by atoms with Gasteiger partial charge in [-0.05, 0) is 25.5 Å². The molecule has 4 nitrogen and oxygen atoms in total. The fourth-order valence-electron chi connectivity index (χ4n) is 3.31. The Morgan fingerprint density at radius 3 is 2.70 bits per heavy atom. The molecule has 0 saturated carbocycles. The summed E-state index contributed by atoms with van der Waals surface area (Å²) in [6, 6.07) is 14.5. The molecule has 2 aromatic carbocycles. The van der Waals surface area contributed by atoms with Gasteiger partial charge < -0.3 is 14.2 Å². The number of nitriles is 1. The lowest BCUT2D eigenvalue weighted by atomic mass is 10.1. The van der Waals surface area contributed by atoms with Gasteiger partial charge in [-0.2, -0.15) is 5.26 Å². The van der Waals surface area contributed by atoms with Crippen LogP contribution in [0.3, 0.4) is 0 Å². The van der Waals surface area contributed by atoms with Gasteiger partial charge in [0, 0.05) is 24.0 Å². The van der Waals surface area contributed by atoms with Crippen molar-refractivity contribution in [3.63, 3.8) is 0 Å². The lowest BCUT2D eigenvalue weighted by Crippen LogP contribution is -2.35. The Balaban J connectivity index is 2.05. The van der Waals surface area contributed by atoms with E-state index >= 15 is 0 Å². The van der Waals surface area contributed by atoms with Gasteiger partial charge in [-0.1, -0.05) is 30.3 Å². The van der Waals surface area contributed by atoms with Gasteiger partial charge in [-0.25, -0.2) is 0 Å². The van der Waals surface area contributed by atoms with Crippen molar-refractivity contribution in [3.8, 4) is 6.07 Å². The van der Waals surface area contributed by atoms with Crippen LogP contribution in [0.25, 0.3) is 21.9 Å². The predicted molar refractivity (Wildman–Crippen MR) is 91.9 cm³/mol. The van der Waals surface area contributed by atoms with Crippen LogP contribution in [0.15, 0.2) is 52.7 Å². The minimum Gasteiger partial charge on any atom is -0.454 e. The largest absolute Gasteiger partial charge is 0.454 e. The van der Waals surface area contributed by atoms with Crippen LogP contribution in [0, 0.1) is 18.3 Å². The molecule has 114 valence electrons. The Bertz CT molecular complexity index is 993. The first-order valence-corrected chi connectivity index (χ1v) is 7.65. The number of anilines is 1. The van der Waals surface area contributed by atoms with Gasteiger partial charge in [0.1, 0.15) is 23.5 Å². The average molecular weight is 303 g/mol. The molecular formula is C19H17N3O. The van der Waals surface area contributed by atoms with E-state index in [1.165, 1.54) is 0 Å². The van der Waals surface area contributed by atoms with E-state index in [-0.39, 0.29) is 6.17 Å². The van der Waals surface area contributed by atoms with E-state index in [0.717, 1.165) is 33.2 Å². The Hall–Kier alpha value is -2.93. The summed E-state index contributed by atoms with van der Waals surface area (Å²) in [4.78, 5) is 4.10. The van der Waals surface area contributed by atoms with Crippen molar-refractivity contribution in [2.24, 2.45) is 0 Å². The number of aryl methyl sites for hydroxylation is 1. The zero-order valence-corrected chi connectivity index (χ0v) is 13.4. The molecule has 0 aliphatic carbocycles. The van der Waals surface area contributed by atoms with Crippen LogP contribution in [0.2, 0.25) is 0 Å². The third-order valence-electron chi connectivity index (χ3n) is 4.63. The van der Waals surface area contributed by atoms with Crippen molar-refractivity contribution >= 4 is 27.6 Å². The van der Waals surface area contributed by atoms with E-state index in [0.29, 0.717) is 5.70 Å². The standard InChI is InChI=1S/C19H17N3O/c1-12-8-9-16-15-6-4-5-7-17(15)23-19(16)18(12)22-13(2)21(3)11-14(22)10-20/h4-9,11,13H,1-3H3/t13-/m0/s1. The molecular weight excluding hydrogens is 286 g/mol. The molecule has 1 aliphatic rings. The summed E-state index contributed by atoms with van der Waals surface area (Å²) in [6.45, 7) is 4.14. The van der Waals surface area contributed by atoms with Crippen LogP contribution in [-0.2, 0) is 0 Å². The van der Waals surface area contributed by atoms with Gasteiger partial charge in [-0.15, -0.1) is 0 Å². The molecule has 0 amide bonds. The second-order valence-corrected chi connectivity index (χ2v) is 6.00. The SMILES string of the molecule is Cc1ccc2c(oc3ccccc32)c1N1C(C#N)=CN(C)[C@@H]1C. The third kappa shape index (κ3) is 1.83. The molecule has 0 fully saturated rings. The quantitative estimate of drug-likeness (QED) is 0.670. The van der Waals surface area contributed by atoms with Crippen molar-refractivity contribution in [3.05, 3.63) is 53.9 Å². The van der Waals surface area contributed by atoms with E-state index in [9.17, 15) is 5.26 Å². The van der Waals surface area contributed by atoms with E-state index in [1.807, 2.05) is 36.3 Å². The normalized spacial score (nSPS) is 17.8. The Morgan fingerprint density at radius 1 is 1.13 bits per heavy atom. The van der Waals surface area contributed by atoms with Crippen molar-refractivity contribution < 1.29 is 4.42 Å². The van der Waals surface area contributed by atoms with Crippen molar-refractivity contribution in [1.29, 1.82) is 5.26 Å². The van der Waals surface area contributed by atoms with Crippen LogP contribution in [0.4, 0.5) is 5.69 Å². The molecule has 3 aromatic rings. The van der Waals surface area contributed by atoms with Crippen LogP contribution < -0.4 is 4.90 Å². The van der Waals surface area contributed by atoms with E-state index < -0.39 is 0 Å². The van der Waals surface area contributed by atoms with Gasteiger partial charge in [0.2, 0.25) is 0 Å². The molecule has 0 N–H and O–H groups in total. The highest BCUT2D eigenvalue weighted by Gasteiger charge is 2.31. The maximum Gasteiger partial charge on any atom is 0.159 e. The van der Waals surface area contributed by atoms with Crippen molar-refractivity contribution in [2.75, 3.05) is 11.9 Å². The number of allylic oxidation sites excluding steroid dienone is 1. The topological polar surface area (TPSA) is 43.4 Å². The molecule has 4 rings (SSSR count). The van der Waals surface area contributed by atoms with E-state index in [1.54, 1.807) is 0 Å². The van der Waals surface area contributed by atoms with Gasteiger partial charge in [0.15, 0.2) is 5.58 Å². The van der Waals surface area contributed by atoms with Crippen LogP contribution in [0.5, 0.6) is 0 Å². The maximum absolute atomic E-state index is 9.52. The highest BCUT2D eigenvalue weighted by molar-refractivity contribution is 6.09. The minimum absolute atomic E-state index is 0.0714. The molecule has 0 unspecified atom stereocenters. The number of nitrogens with zero attached hydrogens (tertiary/aromatic N) is 3. The first-order chi connectivity index (χ1) is 11.1. The molecule has 2 heterocycles. The lowest BCUT2D eigenvalue weighted by Gasteiger charge is -2.29. The Kier molecular flexibility index (Phi) is 2.85. The van der Waals surface area contributed by atoms with Gasteiger partial charge in [0.25, 0.3) is 0 Å². The molecule has 0 bridgehead atoms. The van der Waals surface area contributed by atoms with E-state index in [2.05, 4.69) is 43.0 Å². The molecule has 1 atom stereocenters. The smallest absolute Gasteiger partial charge is 0.159 e. The molecule has 1 aliphatic heterocycles. The first kappa shape index (κ1) is 13.7. The number of rotatable bonds is 1. The summed E-state index contributed by atoms with van der Waals surface area (Å²) in [6.07, 6.45) is 1.95.